The van der Waals surface area contributed by atoms with Crippen molar-refractivity contribution < 1.29 is 17.2 Å². The molecule has 2 aromatic rings. The fourth-order valence-corrected chi connectivity index (χ4v) is 3.00. The Morgan fingerprint density at radius 3 is 2.30 bits per heavy atom. The molecule has 1 aromatic heterocycles. The van der Waals surface area contributed by atoms with E-state index < -0.39 is 27.3 Å². The molecule has 20 heavy (non-hydrogen) atoms. The molecule has 0 aliphatic heterocycles. The van der Waals surface area contributed by atoms with Crippen molar-refractivity contribution in [1.29, 1.82) is 0 Å². The standard InChI is InChI=1S/C11H10BrF2N3O2S/c1-6-15-10(5-17(6)2)20(18,19)16-11-8(13)3-7(12)4-9(11)14/h3-5,16H,1-2H3. The van der Waals surface area contributed by atoms with Crippen molar-refractivity contribution in [2.75, 3.05) is 4.72 Å². The molecule has 0 spiro atoms. The number of hydrogen-bond donors (Lipinski definition) is 1. The third-order valence-corrected chi connectivity index (χ3v) is 4.28. The molecule has 0 bridgehead atoms. The van der Waals surface area contributed by atoms with Crippen LogP contribution in [0.3, 0.4) is 0 Å². The first-order valence-corrected chi connectivity index (χ1v) is 7.65. The summed E-state index contributed by atoms with van der Waals surface area (Å²) >= 11 is 2.91. The number of sulfonamides is 1. The van der Waals surface area contributed by atoms with Crippen molar-refractivity contribution in [3.05, 3.63) is 40.3 Å². The lowest BCUT2D eigenvalue weighted by Gasteiger charge is -2.08. The van der Waals surface area contributed by atoms with Gasteiger partial charge in [0.2, 0.25) is 0 Å². The number of aromatic nitrogens is 2. The smallest absolute Gasteiger partial charge is 0.281 e. The van der Waals surface area contributed by atoms with E-state index in [0.29, 0.717) is 5.82 Å². The second-order valence-corrected chi connectivity index (χ2v) is 6.63. The number of rotatable bonds is 3. The Kier molecular flexibility index (Phi) is 3.83. The third kappa shape index (κ3) is 2.83. The van der Waals surface area contributed by atoms with Gasteiger partial charge in [0.25, 0.3) is 10.0 Å². The Bertz CT molecular complexity index is 731. The molecule has 1 aromatic carbocycles. The predicted octanol–water partition coefficient (Wildman–Crippen LogP) is 2.57. The van der Waals surface area contributed by atoms with E-state index >= 15 is 0 Å². The highest BCUT2D eigenvalue weighted by molar-refractivity contribution is 9.10. The molecule has 2 rings (SSSR count). The number of anilines is 1. The van der Waals surface area contributed by atoms with Gasteiger partial charge in [0.15, 0.2) is 16.7 Å². The van der Waals surface area contributed by atoms with Crippen LogP contribution in [0.4, 0.5) is 14.5 Å². The third-order valence-electron chi connectivity index (χ3n) is 2.61. The lowest BCUT2D eigenvalue weighted by Crippen LogP contribution is -2.15. The van der Waals surface area contributed by atoms with Crippen LogP contribution in [-0.4, -0.2) is 18.0 Å². The molecular weight excluding hydrogens is 356 g/mol. The van der Waals surface area contributed by atoms with Crippen molar-refractivity contribution in [2.24, 2.45) is 7.05 Å². The Morgan fingerprint density at radius 1 is 1.30 bits per heavy atom. The van der Waals surface area contributed by atoms with Gasteiger partial charge in [0, 0.05) is 17.7 Å². The van der Waals surface area contributed by atoms with E-state index in [0.717, 1.165) is 12.1 Å². The Hall–Kier alpha value is -1.48. The van der Waals surface area contributed by atoms with Crippen LogP contribution >= 0.6 is 15.9 Å². The molecule has 0 aliphatic carbocycles. The first-order chi connectivity index (χ1) is 9.20. The summed E-state index contributed by atoms with van der Waals surface area (Å²) in [5, 5.41) is -0.306. The minimum absolute atomic E-state index is 0.170. The second kappa shape index (κ2) is 5.13. The Labute approximate surface area is 122 Å². The van der Waals surface area contributed by atoms with Crippen LogP contribution in [0.1, 0.15) is 5.82 Å². The Morgan fingerprint density at radius 2 is 1.85 bits per heavy atom. The van der Waals surface area contributed by atoms with E-state index in [1.807, 2.05) is 4.72 Å². The van der Waals surface area contributed by atoms with Gasteiger partial charge in [-0.15, -0.1) is 0 Å². The van der Waals surface area contributed by atoms with Gasteiger partial charge >= 0.3 is 0 Å². The molecule has 0 fully saturated rings. The van der Waals surface area contributed by atoms with E-state index in [1.54, 1.807) is 14.0 Å². The summed E-state index contributed by atoms with van der Waals surface area (Å²) in [5.41, 5.74) is -0.739. The van der Waals surface area contributed by atoms with E-state index in [-0.39, 0.29) is 9.50 Å². The molecule has 0 amide bonds. The summed E-state index contributed by atoms with van der Waals surface area (Å²) in [6.07, 6.45) is 1.26. The largest absolute Gasteiger partial charge is 0.337 e. The molecule has 0 saturated carbocycles. The van der Waals surface area contributed by atoms with Gasteiger partial charge in [-0.05, 0) is 19.1 Å². The number of benzene rings is 1. The van der Waals surface area contributed by atoms with Crippen LogP contribution in [0.15, 0.2) is 27.8 Å². The molecule has 1 heterocycles. The van der Waals surface area contributed by atoms with Crippen LogP contribution in [0.25, 0.3) is 0 Å². The fraction of sp³-hybridized carbons (Fsp3) is 0.182. The monoisotopic (exact) mass is 365 g/mol. The summed E-state index contributed by atoms with van der Waals surface area (Å²) in [5.74, 6) is -1.58. The lowest BCUT2D eigenvalue weighted by molar-refractivity contribution is 0.580. The van der Waals surface area contributed by atoms with Crippen molar-refractivity contribution in [3.63, 3.8) is 0 Å². The maximum atomic E-state index is 13.6. The maximum Gasteiger partial charge on any atom is 0.281 e. The van der Waals surface area contributed by atoms with Gasteiger partial charge in [-0.1, -0.05) is 15.9 Å². The molecule has 1 N–H and O–H groups in total. The summed E-state index contributed by atoms with van der Waals surface area (Å²) < 4.78 is 54.8. The number of nitrogens with one attached hydrogen (secondary N) is 1. The first-order valence-electron chi connectivity index (χ1n) is 5.38. The van der Waals surface area contributed by atoms with Crippen molar-refractivity contribution in [1.82, 2.24) is 9.55 Å². The summed E-state index contributed by atoms with van der Waals surface area (Å²) in [6, 6.07) is 1.93. The van der Waals surface area contributed by atoms with Gasteiger partial charge in [0.05, 0.1) is 0 Å². The lowest BCUT2D eigenvalue weighted by atomic mass is 10.3. The van der Waals surface area contributed by atoms with E-state index in [2.05, 4.69) is 20.9 Å². The number of halogens is 3. The number of hydrogen-bond acceptors (Lipinski definition) is 3. The van der Waals surface area contributed by atoms with Gasteiger partial charge in [-0.2, -0.15) is 8.42 Å². The van der Waals surface area contributed by atoms with Crippen molar-refractivity contribution >= 4 is 31.6 Å². The van der Waals surface area contributed by atoms with E-state index in [1.165, 1.54) is 10.8 Å². The topological polar surface area (TPSA) is 64.0 Å². The van der Waals surface area contributed by atoms with Gasteiger partial charge in [0.1, 0.15) is 11.5 Å². The number of nitrogens with zero attached hydrogens (tertiary/aromatic N) is 2. The minimum atomic E-state index is -4.15. The molecule has 0 saturated heterocycles. The SMILES string of the molecule is Cc1nc(S(=O)(=O)Nc2c(F)cc(Br)cc2F)cn1C. The van der Waals surface area contributed by atoms with Gasteiger partial charge in [-0.3, -0.25) is 4.72 Å². The molecule has 0 aliphatic rings. The summed E-state index contributed by atoms with van der Waals surface area (Å²) in [4.78, 5) is 3.81. The molecule has 5 nitrogen and oxygen atoms in total. The number of aryl methyl sites for hydroxylation is 2. The van der Waals surface area contributed by atoms with Crippen LogP contribution in [0.2, 0.25) is 0 Å². The second-order valence-electron chi connectivity index (χ2n) is 4.09. The zero-order valence-electron chi connectivity index (χ0n) is 10.5. The zero-order chi connectivity index (χ0) is 15.1. The molecule has 0 atom stereocenters. The zero-order valence-corrected chi connectivity index (χ0v) is 12.9. The fourth-order valence-electron chi connectivity index (χ4n) is 1.48. The van der Waals surface area contributed by atoms with Crippen LogP contribution in [0, 0.1) is 18.6 Å². The average molecular weight is 366 g/mol. The van der Waals surface area contributed by atoms with Gasteiger partial charge < -0.3 is 4.57 Å². The quantitative estimate of drug-likeness (QED) is 0.908. The average Bonchev–Trinajstić information content (AvgIpc) is 2.65. The maximum absolute atomic E-state index is 13.6. The Balaban J connectivity index is 2.43. The van der Waals surface area contributed by atoms with Crippen LogP contribution in [-0.2, 0) is 17.1 Å². The summed E-state index contributed by atoms with van der Waals surface area (Å²) in [6.45, 7) is 1.61. The first kappa shape index (κ1) is 14.9. The van der Waals surface area contributed by atoms with E-state index in [4.69, 9.17) is 0 Å². The van der Waals surface area contributed by atoms with Gasteiger partial charge in [-0.25, -0.2) is 13.8 Å². The highest BCUT2D eigenvalue weighted by Crippen LogP contribution is 2.26. The minimum Gasteiger partial charge on any atom is -0.337 e. The normalized spacial score (nSPS) is 11.7. The molecule has 0 radical (unpaired) electrons. The highest BCUT2D eigenvalue weighted by Gasteiger charge is 2.22. The van der Waals surface area contributed by atoms with Crippen molar-refractivity contribution in [3.8, 4) is 0 Å². The molecule has 108 valence electrons. The molecule has 9 heteroatoms. The summed E-state index contributed by atoms with van der Waals surface area (Å²) in [7, 11) is -2.54. The number of imidazole rings is 1. The van der Waals surface area contributed by atoms with Crippen LogP contribution < -0.4 is 4.72 Å². The highest BCUT2D eigenvalue weighted by atomic mass is 79.9. The van der Waals surface area contributed by atoms with E-state index in [9.17, 15) is 17.2 Å². The molecular formula is C11H10BrF2N3O2S. The predicted molar refractivity (Wildman–Crippen MR) is 72.8 cm³/mol. The van der Waals surface area contributed by atoms with Crippen LogP contribution in [0.5, 0.6) is 0 Å². The van der Waals surface area contributed by atoms with Crippen molar-refractivity contribution in [2.45, 2.75) is 11.9 Å². The molecule has 0 unspecified atom stereocenters.